The first-order valence-electron chi connectivity index (χ1n) is 4.64. The lowest BCUT2D eigenvalue weighted by atomic mass is 10.1. The van der Waals surface area contributed by atoms with E-state index in [4.69, 9.17) is 0 Å². The predicted molar refractivity (Wildman–Crippen MR) is 59.5 cm³/mol. The fourth-order valence-electron chi connectivity index (χ4n) is 1.17. The highest BCUT2D eigenvalue weighted by Crippen LogP contribution is 2.09. The largest absolute Gasteiger partial charge is 0.378 e. The van der Waals surface area contributed by atoms with Crippen molar-refractivity contribution in [2.24, 2.45) is 0 Å². The first kappa shape index (κ1) is 11.9. The monoisotopic (exact) mass is 220 g/mol. The number of hydrogen-bond acceptors (Lipinski definition) is 4. The van der Waals surface area contributed by atoms with E-state index in [9.17, 15) is 14.9 Å². The normalized spacial score (nSPS) is 11.0. The smallest absolute Gasteiger partial charge is 0.332 e. The number of rotatable bonds is 4. The zero-order valence-corrected chi connectivity index (χ0v) is 9.08. The second-order valence-electron chi connectivity index (χ2n) is 3.43. The molecule has 0 N–H and O–H groups in total. The van der Waals surface area contributed by atoms with Gasteiger partial charge in [0.25, 0.3) is 5.78 Å². The zero-order valence-electron chi connectivity index (χ0n) is 9.08. The molecule has 1 aromatic rings. The van der Waals surface area contributed by atoms with Crippen LogP contribution in [0, 0.1) is 10.1 Å². The second-order valence-corrected chi connectivity index (χ2v) is 3.43. The number of carbonyl (C=O) groups is 1. The summed E-state index contributed by atoms with van der Waals surface area (Å²) in [7, 11) is 3.25. The van der Waals surface area contributed by atoms with Crippen LogP contribution in [0.1, 0.15) is 10.4 Å². The summed E-state index contributed by atoms with van der Waals surface area (Å²) in [5.41, 5.74) is -0.122. The quantitative estimate of drug-likeness (QED) is 0.334. The van der Waals surface area contributed by atoms with Crippen LogP contribution >= 0.6 is 0 Å². The van der Waals surface area contributed by atoms with E-state index in [1.165, 1.54) is 11.1 Å². The molecule has 0 aliphatic rings. The minimum absolute atomic E-state index is 0.312. The van der Waals surface area contributed by atoms with Gasteiger partial charge >= 0.3 is 5.70 Å². The van der Waals surface area contributed by atoms with E-state index in [1.807, 2.05) is 0 Å². The summed E-state index contributed by atoms with van der Waals surface area (Å²) in [6.07, 6.45) is 1.20. The number of Topliss-reactive ketones (excluding diaryl/α,β-unsaturated/α-hetero) is 1. The van der Waals surface area contributed by atoms with E-state index in [1.54, 1.807) is 44.4 Å². The molecule has 0 heterocycles. The molecule has 84 valence electrons. The van der Waals surface area contributed by atoms with Gasteiger partial charge in [0.05, 0.1) is 11.1 Å². The maximum absolute atomic E-state index is 11.8. The van der Waals surface area contributed by atoms with Crippen molar-refractivity contribution < 1.29 is 9.72 Å². The molecule has 0 fully saturated rings. The Hall–Kier alpha value is -2.17. The van der Waals surface area contributed by atoms with Gasteiger partial charge in [0.15, 0.2) is 0 Å². The SMILES string of the molecule is CN(C)/C=C(\C(=O)c1ccccc1)[N+](=O)[O-]. The van der Waals surface area contributed by atoms with Gasteiger partial charge in [-0.05, 0) is 0 Å². The molecule has 1 aromatic carbocycles. The molecule has 5 nitrogen and oxygen atoms in total. The summed E-state index contributed by atoms with van der Waals surface area (Å²) in [4.78, 5) is 23.3. The van der Waals surface area contributed by atoms with Gasteiger partial charge in [-0.15, -0.1) is 0 Å². The lowest BCUT2D eigenvalue weighted by Gasteiger charge is -2.04. The number of nitro groups is 1. The number of benzene rings is 1. The Bertz CT molecular complexity index is 424. The van der Waals surface area contributed by atoms with Crippen LogP contribution in [0.4, 0.5) is 0 Å². The highest BCUT2D eigenvalue weighted by Gasteiger charge is 2.23. The molecular weight excluding hydrogens is 208 g/mol. The Morgan fingerprint density at radius 3 is 2.31 bits per heavy atom. The molecule has 0 aliphatic heterocycles. The molecule has 0 aliphatic carbocycles. The molecule has 0 unspecified atom stereocenters. The van der Waals surface area contributed by atoms with Crippen LogP contribution in [0.2, 0.25) is 0 Å². The second kappa shape index (κ2) is 5.06. The van der Waals surface area contributed by atoms with Crippen molar-refractivity contribution in [1.82, 2.24) is 4.90 Å². The highest BCUT2D eigenvalue weighted by atomic mass is 16.6. The molecule has 0 saturated carbocycles. The number of carbonyl (C=O) groups excluding carboxylic acids is 1. The van der Waals surface area contributed by atoms with Gasteiger partial charge in [-0.2, -0.15) is 0 Å². The highest BCUT2D eigenvalue weighted by molar-refractivity contribution is 6.06. The van der Waals surface area contributed by atoms with Crippen molar-refractivity contribution in [3.63, 3.8) is 0 Å². The Morgan fingerprint density at radius 2 is 1.88 bits per heavy atom. The lowest BCUT2D eigenvalue weighted by Crippen LogP contribution is -2.16. The van der Waals surface area contributed by atoms with Crippen LogP contribution < -0.4 is 0 Å². The number of ketones is 1. The first-order chi connectivity index (χ1) is 7.52. The molecule has 0 spiro atoms. The maximum atomic E-state index is 11.8. The molecule has 0 bridgehead atoms. The third-order valence-electron chi connectivity index (χ3n) is 1.85. The molecule has 0 atom stereocenters. The molecule has 0 amide bonds. The van der Waals surface area contributed by atoms with Crippen LogP contribution in [0.15, 0.2) is 42.2 Å². The minimum atomic E-state index is -0.671. The molecule has 0 aromatic heterocycles. The van der Waals surface area contributed by atoms with Crippen LogP contribution in [-0.2, 0) is 0 Å². The summed E-state index contributed by atoms with van der Waals surface area (Å²) in [5, 5.41) is 10.7. The van der Waals surface area contributed by atoms with E-state index in [2.05, 4.69) is 0 Å². The predicted octanol–water partition coefficient (Wildman–Crippen LogP) is 1.55. The van der Waals surface area contributed by atoms with Crippen molar-refractivity contribution in [1.29, 1.82) is 0 Å². The van der Waals surface area contributed by atoms with Gasteiger partial charge in [-0.1, -0.05) is 30.3 Å². The van der Waals surface area contributed by atoms with Crippen molar-refractivity contribution in [2.75, 3.05) is 14.1 Å². The number of hydrogen-bond donors (Lipinski definition) is 0. The average Bonchev–Trinajstić information content (AvgIpc) is 2.25. The topological polar surface area (TPSA) is 63.5 Å². The summed E-state index contributed by atoms with van der Waals surface area (Å²) < 4.78 is 0. The first-order valence-corrected chi connectivity index (χ1v) is 4.64. The third kappa shape index (κ3) is 2.91. The van der Waals surface area contributed by atoms with Gasteiger partial charge < -0.3 is 4.90 Å². The number of allylic oxidation sites excluding steroid dienone is 1. The van der Waals surface area contributed by atoms with Crippen molar-refractivity contribution >= 4 is 5.78 Å². The van der Waals surface area contributed by atoms with Crippen LogP contribution in [0.3, 0.4) is 0 Å². The van der Waals surface area contributed by atoms with E-state index < -0.39 is 16.4 Å². The van der Waals surface area contributed by atoms with Crippen LogP contribution in [0.5, 0.6) is 0 Å². The molecule has 1 rings (SSSR count). The standard InChI is InChI=1S/C11H12N2O3/c1-12(2)8-10(13(15)16)11(14)9-6-4-3-5-7-9/h3-8H,1-2H3/b10-8+. The fourth-order valence-corrected chi connectivity index (χ4v) is 1.17. The molecule has 0 saturated heterocycles. The molecule has 0 radical (unpaired) electrons. The summed E-state index contributed by atoms with van der Waals surface area (Å²) in [6, 6.07) is 8.18. The Balaban J connectivity index is 3.07. The average molecular weight is 220 g/mol. The molecule has 16 heavy (non-hydrogen) atoms. The lowest BCUT2D eigenvalue weighted by molar-refractivity contribution is -0.417. The van der Waals surface area contributed by atoms with Gasteiger partial charge in [0.2, 0.25) is 0 Å². The molecular formula is C11H12N2O3. The Morgan fingerprint density at radius 1 is 1.31 bits per heavy atom. The van der Waals surface area contributed by atoms with Gasteiger partial charge in [-0.25, -0.2) is 0 Å². The van der Waals surface area contributed by atoms with Gasteiger partial charge in [0.1, 0.15) is 0 Å². The van der Waals surface area contributed by atoms with Gasteiger partial charge in [0, 0.05) is 19.7 Å². The third-order valence-corrected chi connectivity index (χ3v) is 1.85. The van der Waals surface area contributed by atoms with Crippen LogP contribution in [0.25, 0.3) is 0 Å². The van der Waals surface area contributed by atoms with E-state index >= 15 is 0 Å². The van der Waals surface area contributed by atoms with E-state index in [0.717, 1.165) is 0 Å². The number of nitrogens with zero attached hydrogens (tertiary/aromatic N) is 2. The van der Waals surface area contributed by atoms with Crippen molar-refractivity contribution in [3.05, 3.63) is 57.9 Å². The Kier molecular flexibility index (Phi) is 3.77. The summed E-state index contributed by atoms with van der Waals surface area (Å²) in [5.74, 6) is -0.584. The fraction of sp³-hybridized carbons (Fsp3) is 0.182. The zero-order chi connectivity index (χ0) is 12.1. The Labute approximate surface area is 93.1 Å². The van der Waals surface area contributed by atoms with Crippen LogP contribution in [-0.4, -0.2) is 29.7 Å². The van der Waals surface area contributed by atoms with E-state index in [0.29, 0.717) is 5.56 Å². The summed E-state index contributed by atoms with van der Waals surface area (Å²) in [6.45, 7) is 0. The van der Waals surface area contributed by atoms with Crippen molar-refractivity contribution in [2.45, 2.75) is 0 Å². The van der Waals surface area contributed by atoms with E-state index in [-0.39, 0.29) is 0 Å². The van der Waals surface area contributed by atoms with Gasteiger partial charge in [-0.3, -0.25) is 14.9 Å². The molecule has 5 heteroatoms. The summed E-state index contributed by atoms with van der Waals surface area (Å²) >= 11 is 0. The maximum Gasteiger partial charge on any atom is 0.332 e. The van der Waals surface area contributed by atoms with Crippen molar-refractivity contribution in [3.8, 4) is 0 Å². The minimum Gasteiger partial charge on any atom is -0.378 e.